The molecular weight excluding hydrogens is 419 g/mol. The van der Waals surface area contributed by atoms with Crippen LogP contribution in [-0.2, 0) is 11.4 Å². The molecule has 8 heteroatoms. The molecule has 3 N–H and O–H groups in total. The van der Waals surface area contributed by atoms with Crippen molar-refractivity contribution in [3.63, 3.8) is 0 Å². The van der Waals surface area contributed by atoms with Gasteiger partial charge < -0.3 is 20.7 Å². The number of nitrogens with zero attached hydrogens (tertiary/aromatic N) is 2. The third-order valence-electron chi connectivity index (χ3n) is 6.10. The molecule has 0 bridgehead atoms. The van der Waals surface area contributed by atoms with Crippen molar-refractivity contribution in [2.24, 2.45) is 5.73 Å². The highest BCUT2D eigenvalue weighted by Crippen LogP contribution is 2.44. The van der Waals surface area contributed by atoms with E-state index in [1.165, 1.54) is 6.20 Å². The highest BCUT2D eigenvalue weighted by atomic mass is 35.5. The van der Waals surface area contributed by atoms with Gasteiger partial charge in [0.05, 0.1) is 6.54 Å². The third kappa shape index (κ3) is 5.93. The Morgan fingerprint density at radius 3 is 2.77 bits per heavy atom. The van der Waals surface area contributed by atoms with Crippen LogP contribution in [0.2, 0.25) is 0 Å². The first kappa shape index (κ1) is 23.4. The summed E-state index contributed by atoms with van der Waals surface area (Å²) in [7, 11) is 0. The van der Waals surface area contributed by atoms with Crippen LogP contribution in [0.1, 0.15) is 43.2 Å². The molecule has 1 aromatic heterocycles. The number of nitrogens with one attached hydrogen (secondary N) is 1. The van der Waals surface area contributed by atoms with E-state index in [1.54, 1.807) is 12.1 Å². The van der Waals surface area contributed by atoms with E-state index < -0.39 is 5.95 Å². The Kier molecular flexibility index (Phi) is 7.51. The second-order valence-corrected chi connectivity index (χ2v) is 8.64. The minimum absolute atomic E-state index is 0. The van der Waals surface area contributed by atoms with Gasteiger partial charge in [0.2, 0.25) is 11.9 Å². The van der Waals surface area contributed by atoms with Crippen molar-refractivity contribution in [2.75, 3.05) is 19.6 Å². The molecule has 0 spiro atoms. The van der Waals surface area contributed by atoms with Gasteiger partial charge in [-0.25, -0.2) is 4.98 Å². The smallest absolute Gasteiger partial charge is 0.236 e. The summed E-state index contributed by atoms with van der Waals surface area (Å²) in [4.78, 5) is 18.1. The Hall–Kier alpha value is -2.22. The summed E-state index contributed by atoms with van der Waals surface area (Å²) in [6.07, 6.45) is 4.06. The summed E-state index contributed by atoms with van der Waals surface area (Å²) >= 11 is 0. The van der Waals surface area contributed by atoms with Gasteiger partial charge in [0.25, 0.3) is 0 Å². The highest BCUT2D eigenvalue weighted by molar-refractivity contribution is 5.85. The van der Waals surface area contributed by atoms with Crippen molar-refractivity contribution < 1.29 is 13.9 Å². The Bertz CT molecular complexity index is 901. The van der Waals surface area contributed by atoms with Crippen molar-refractivity contribution in [1.82, 2.24) is 15.2 Å². The third-order valence-corrected chi connectivity index (χ3v) is 6.10. The van der Waals surface area contributed by atoms with E-state index in [4.69, 9.17) is 10.5 Å². The van der Waals surface area contributed by atoms with E-state index in [0.717, 1.165) is 43.7 Å². The zero-order chi connectivity index (χ0) is 21.1. The predicted molar refractivity (Wildman–Crippen MR) is 120 cm³/mol. The zero-order valence-electron chi connectivity index (χ0n) is 17.7. The van der Waals surface area contributed by atoms with Crippen molar-refractivity contribution in [3.8, 4) is 5.75 Å². The first-order valence-electron chi connectivity index (χ1n) is 10.5. The molecule has 1 saturated heterocycles. The van der Waals surface area contributed by atoms with Gasteiger partial charge in [0, 0.05) is 42.3 Å². The minimum Gasteiger partial charge on any atom is -0.488 e. The number of hydrogen-bond donors (Lipinski definition) is 2. The van der Waals surface area contributed by atoms with Crippen LogP contribution in [0, 0.1) is 5.95 Å². The van der Waals surface area contributed by atoms with Crippen molar-refractivity contribution in [1.29, 1.82) is 0 Å². The van der Waals surface area contributed by atoms with Crippen molar-refractivity contribution in [2.45, 2.75) is 50.3 Å². The summed E-state index contributed by atoms with van der Waals surface area (Å²) in [5.41, 5.74) is 7.51. The Balaban J connectivity index is 0.00000272. The molecule has 4 rings (SSSR count). The number of aromatic nitrogens is 1. The predicted octanol–water partition coefficient (Wildman–Crippen LogP) is 3.01. The molecule has 2 heterocycles. The molecule has 1 aliphatic heterocycles. The van der Waals surface area contributed by atoms with Crippen LogP contribution in [0.15, 0.2) is 42.6 Å². The van der Waals surface area contributed by atoms with E-state index in [9.17, 15) is 9.18 Å². The Morgan fingerprint density at radius 2 is 2.03 bits per heavy atom. The maximum absolute atomic E-state index is 13.8. The molecule has 2 atom stereocenters. The fraction of sp³-hybridized carbons (Fsp3) is 0.478. The molecule has 2 fully saturated rings. The molecular formula is C23H30ClFN4O2. The summed E-state index contributed by atoms with van der Waals surface area (Å²) in [5.74, 6) is 0.668. The lowest BCUT2D eigenvalue weighted by molar-refractivity contribution is -0.131. The van der Waals surface area contributed by atoms with Crippen LogP contribution < -0.4 is 15.8 Å². The standard InChI is InChI=1S/C23H29FN4O2.ClH/c1-23(25)8-11-28(12-9-23)21(29)14-27-19-13-18(19)17-6-2-3-7-20(17)30-15-16-5-4-10-26-22(16)24;/h2-7,10,18-19,27H,8-9,11-15,25H2,1H3;1H. The van der Waals surface area contributed by atoms with Crippen LogP contribution in [-0.4, -0.2) is 47.0 Å². The zero-order valence-corrected chi connectivity index (χ0v) is 18.5. The highest BCUT2D eigenvalue weighted by Gasteiger charge is 2.40. The molecule has 0 radical (unpaired) electrons. The van der Waals surface area contributed by atoms with Gasteiger partial charge in [-0.05, 0) is 49.9 Å². The fourth-order valence-corrected chi connectivity index (χ4v) is 3.96. The van der Waals surface area contributed by atoms with E-state index in [2.05, 4.69) is 10.3 Å². The van der Waals surface area contributed by atoms with E-state index in [1.807, 2.05) is 36.1 Å². The summed E-state index contributed by atoms with van der Waals surface area (Å²) in [6.45, 7) is 3.97. The molecule has 31 heavy (non-hydrogen) atoms. The molecule has 2 aliphatic rings. The Labute approximate surface area is 188 Å². The number of amides is 1. The van der Waals surface area contributed by atoms with Gasteiger partial charge in [0.15, 0.2) is 0 Å². The van der Waals surface area contributed by atoms with Crippen LogP contribution in [0.3, 0.4) is 0 Å². The molecule has 1 aliphatic carbocycles. The Morgan fingerprint density at radius 1 is 1.29 bits per heavy atom. The number of para-hydroxylation sites is 1. The number of carbonyl (C=O) groups excluding carboxylic acids is 1. The number of ether oxygens (including phenoxy) is 1. The maximum Gasteiger partial charge on any atom is 0.236 e. The molecule has 2 aromatic rings. The summed E-state index contributed by atoms with van der Waals surface area (Å²) in [6, 6.07) is 11.4. The van der Waals surface area contributed by atoms with Gasteiger partial charge in [-0.3, -0.25) is 4.79 Å². The summed E-state index contributed by atoms with van der Waals surface area (Å²) < 4.78 is 19.7. The van der Waals surface area contributed by atoms with Gasteiger partial charge in [-0.1, -0.05) is 18.2 Å². The van der Waals surface area contributed by atoms with Crippen LogP contribution in [0.5, 0.6) is 5.75 Å². The number of rotatable bonds is 7. The number of benzene rings is 1. The average Bonchev–Trinajstić information content (AvgIpc) is 3.51. The van der Waals surface area contributed by atoms with Gasteiger partial charge in [-0.15, -0.1) is 12.4 Å². The average molecular weight is 449 g/mol. The van der Waals surface area contributed by atoms with Gasteiger partial charge >= 0.3 is 0 Å². The van der Waals surface area contributed by atoms with Crippen molar-refractivity contribution >= 4 is 18.3 Å². The molecule has 168 valence electrons. The minimum atomic E-state index is -0.507. The van der Waals surface area contributed by atoms with Crippen molar-refractivity contribution in [3.05, 3.63) is 59.7 Å². The van der Waals surface area contributed by atoms with Crippen LogP contribution >= 0.6 is 12.4 Å². The van der Waals surface area contributed by atoms with E-state index in [0.29, 0.717) is 18.0 Å². The first-order chi connectivity index (χ1) is 14.4. The first-order valence-corrected chi connectivity index (χ1v) is 10.5. The molecule has 2 unspecified atom stereocenters. The number of hydrogen-bond acceptors (Lipinski definition) is 5. The van der Waals surface area contributed by atoms with E-state index in [-0.39, 0.29) is 36.5 Å². The largest absolute Gasteiger partial charge is 0.488 e. The van der Waals surface area contributed by atoms with Crippen LogP contribution in [0.4, 0.5) is 4.39 Å². The fourth-order valence-electron chi connectivity index (χ4n) is 3.96. The lowest BCUT2D eigenvalue weighted by atomic mass is 9.91. The van der Waals surface area contributed by atoms with Crippen LogP contribution in [0.25, 0.3) is 0 Å². The van der Waals surface area contributed by atoms with E-state index >= 15 is 0 Å². The number of carbonyl (C=O) groups is 1. The molecule has 1 aromatic carbocycles. The monoisotopic (exact) mass is 448 g/mol. The lowest BCUT2D eigenvalue weighted by Gasteiger charge is -2.36. The number of halogens is 2. The second kappa shape index (κ2) is 9.94. The number of piperidine rings is 1. The topological polar surface area (TPSA) is 80.5 Å². The molecule has 1 saturated carbocycles. The number of likely N-dealkylation sites (tertiary alicyclic amines) is 1. The number of nitrogens with two attached hydrogens (primary N) is 1. The molecule has 1 amide bonds. The summed E-state index contributed by atoms with van der Waals surface area (Å²) in [5, 5.41) is 3.39. The van der Waals surface area contributed by atoms with Gasteiger partial charge in [-0.2, -0.15) is 4.39 Å². The second-order valence-electron chi connectivity index (χ2n) is 8.64. The normalized spacial score (nSPS) is 21.8. The van der Waals surface area contributed by atoms with Gasteiger partial charge in [0.1, 0.15) is 12.4 Å². The number of pyridine rings is 1. The lowest BCUT2D eigenvalue weighted by Crippen LogP contribution is -2.51. The maximum atomic E-state index is 13.8. The quantitative estimate of drug-likeness (QED) is 0.636. The molecule has 6 nitrogen and oxygen atoms in total. The SMILES string of the molecule is CC1(N)CCN(C(=O)CNC2CC2c2ccccc2OCc2cccnc2F)CC1.Cl.